The number of fused-ring (bicyclic) bond motifs is 2. The second kappa shape index (κ2) is 8.37. The Hall–Kier alpha value is -4.07. The zero-order valence-electron chi connectivity index (χ0n) is 18.7. The lowest BCUT2D eigenvalue weighted by Gasteiger charge is -2.16. The average Bonchev–Trinajstić information content (AvgIpc) is 3.39. The van der Waals surface area contributed by atoms with E-state index in [1.807, 2.05) is 13.0 Å². The van der Waals surface area contributed by atoms with Crippen molar-refractivity contribution >= 4 is 23.1 Å². The van der Waals surface area contributed by atoms with Gasteiger partial charge in [-0.3, -0.25) is 14.0 Å². The SMILES string of the molecule is Cc1ccc2ncc(C(=O)Nc3cc(C(=O)N[C@H]4CCc5ccc(F)cc54)c(C)cc3F)n2c1. The van der Waals surface area contributed by atoms with Crippen LogP contribution >= 0.6 is 0 Å². The predicted molar refractivity (Wildman–Crippen MR) is 124 cm³/mol. The number of halogens is 2. The number of carbonyl (C=O) groups excluding carboxylic acids is 2. The fourth-order valence-electron chi connectivity index (χ4n) is 4.41. The first kappa shape index (κ1) is 21.8. The molecule has 0 unspecified atom stereocenters. The maximum atomic E-state index is 14.7. The molecular formula is C26H22F2N4O2. The number of rotatable bonds is 4. The molecule has 4 aromatic rings. The molecule has 1 aliphatic carbocycles. The molecule has 8 heteroatoms. The quantitative estimate of drug-likeness (QED) is 0.455. The standard InChI is InChI=1S/C26H22F2N4O2/c1-14-3-8-24-29-12-23(32(24)13-14)26(34)31-22-11-18(15(2)9-20(22)28)25(33)30-21-7-5-16-4-6-17(27)10-19(16)21/h3-4,6,8-13,21H,5,7H2,1-2H3,(H,30,33)(H,31,34)/t21-/m0/s1. The van der Waals surface area contributed by atoms with Crippen molar-refractivity contribution in [1.29, 1.82) is 0 Å². The van der Waals surface area contributed by atoms with Crippen LogP contribution in [0, 0.1) is 25.5 Å². The number of hydrogen-bond acceptors (Lipinski definition) is 3. The molecule has 2 aromatic heterocycles. The molecule has 172 valence electrons. The Morgan fingerprint density at radius 2 is 1.88 bits per heavy atom. The number of aromatic nitrogens is 2. The van der Waals surface area contributed by atoms with Gasteiger partial charge in [-0.2, -0.15) is 0 Å². The Labute approximate surface area is 194 Å². The van der Waals surface area contributed by atoms with E-state index in [1.54, 1.807) is 29.7 Å². The van der Waals surface area contributed by atoms with Crippen LogP contribution in [0.5, 0.6) is 0 Å². The highest BCUT2D eigenvalue weighted by atomic mass is 19.1. The maximum absolute atomic E-state index is 14.7. The molecule has 0 spiro atoms. The van der Waals surface area contributed by atoms with Gasteiger partial charge in [0.25, 0.3) is 11.8 Å². The van der Waals surface area contributed by atoms with E-state index >= 15 is 0 Å². The van der Waals surface area contributed by atoms with Crippen LogP contribution in [0.4, 0.5) is 14.5 Å². The van der Waals surface area contributed by atoms with E-state index in [0.717, 1.165) is 23.1 Å². The number of benzene rings is 2. The fraction of sp³-hybridized carbons (Fsp3) is 0.192. The highest BCUT2D eigenvalue weighted by Gasteiger charge is 2.26. The molecule has 0 saturated carbocycles. The molecule has 0 radical (unpaired) electrons. The number of anilines is 1. The maximum Gasteiger partial charge on any atom is 0.274 e. The highest BCUT2D eigenvalue weighted by Crippen LogP contribution is 2.32. The van der Waals surface area contributed by atoms with Gasteiger partial charge in [0.2, 0.25) is 0 Å². The number of nitrogens with one attached hydrogen (secondary N) is 2. The summed E-state index contributed by atoms with van der Waals surface area (Å²) in [5.74, 6) is -1.97. The summed E-state index contributed by atoms with van der Waals surface area (Å²) in [4.78, 5) is 30.1. The summed E-state index contributed by atoms with van der Waals surface area (Å²) in [5, 5.41) is 5.48. The van der Waals surface area contributed by atoms with Gasteiger partial charge >= 0.3 is 0 Å². The van der Waals surface area contributed by atoms with Gasteiger partial charge in [0.1, 0.15) is 23.0 Å². The van der Waals surface area contributed by atoms with Crippen LogP contribution in [0.1, 0.15) is 55.6 Å². The minimum Gasteiger partial charge on any atom is -0.345 e. The van der Waals surface area contributed by atoms with E-state index in [-0.39, 0.29) is 28.8 Å². The Balaban J connectivity index is 1.40. The summed E-state index contributed by atoms with van der Waals surface area (Å²) in [7, 11) is 0. The molecule has 1 atom stereocenters. The van der Waals surface area contributed by atoms with Crippen LogP contribution in [-0.4, -0.2) is 21.2 Å². The van der Waals surface area contributed by atoms with Crippen LogP contribution < -0.4 is 10.6 Å². The fourth-order valence-corrected chi connectivity index (χ4v) is 4.41. The molecule has 2 amide bonds. The van der Waals surface area contributed by atoms with Crippen LogP contribution in [-0.2, 0) is 6.42 Å². The van der Waals surface area contributed by atoms with E-state index in [9.17, 15) is 18.4 Å². The second-order valence-corrected chi connectivity index (χ2v) is 8.59. The number of pyridine rings is 1. The topological polar surface area (TPSA) is 75.5 Å². The summed E-state index contributed by atoms with van der Waals surface area (Å²) in [6.45, 7) is 3.52. The van der Waals surface area contributed by atoms with E-state index < -0.39 is 17.6 Å². The number of imidazole rings is 1. The van der Waals surface area contributed by atoms with Crippen molar-refractivity contribution in [3.05, 3.63) is 100 Å². The van der Waals surface area contributed by atoms with Crippen LogP contribution in [0.3, 0.4) is 0 Å². The third-order valence-corrected chi connectivity index (χ3v) is 6.18. The summed E-state index contributed by atoms with van der Waals surface area (Å²) in [6, 6.07) is 10.5. The van der Waals surface area contributed by atoms with Gasteiger partial charge < -0.3 is 10.6 Å². The van der Waals surface area contributed by atoms with Crippen molar-refractivity contribution in [2.24, 2.45) is 0 Å². The minimum absolute atomic E-state index is 0.110. The van der Waals surface area contributed by atoms with E-state index in [0.29, 0.717) is 17.6 Å². The lowest BCUT2D eigenvalue weighted by atomic mass is 10.0. The highest BCUT2D eigenvalue weighted by molar-refractivity contribution is 6.05. The molecule has 0 saturated heterocycles. The molecule has 6 nitrogen and oxygen atoms in total. The molecule has 5 rings (SSSR count). The second-order valence-electron chi connectivity index (χ2n) is 8.59. The summed E-state index contributed by atoms with van der Waals surface area (Å²) < 4.78 is 30.0. The normalized spacial score (nSPS) is 14.8. The summed E-state index contributed by atoms with van der Waals surface area (Å²) >= 11 is 0. The molecule has 2 aromatic carbocycles. The summed E-state index contributed by atoms with van der Waals surface area (Å²) in [5.41, 5.74) is 4.08. The first-order chi connectivity index (χ1) is 16.3. The van der Waals surface area contributed by atoms with E-state index in [1.165, 1.54) is 30.5 Å². The summed E-state index contributed by atoms with van der Waals surface area (Å²) in [6.07, 6.45) is 4.58. The monoisotopic (exact) mass is 460 g/mol. The largest absolute Gasteiger partial charge is 0.345 e. The smallest absolute Gasteiger partial charge is 0.274 e. The molecule has 2 N–H and O–H groups in total. The van der Waals surface area contributed by atoms with Gasteiger partial charge in [0.15, 0.2) is 0 Å². The lowest BCUT2D eigenvalue weighted by Crippen LogP contribution is -2.28. The Morgan fingerprint density at radius 1 is 1.06 bits per heavy atom. The van der Waals surface area contributed by atoms with Gasteiger partial charge in [-0.15, -0.1) is 0 Å². The molecule has 0 bridgehead atoms. The van der Waals surface area contributed by atoms with Crippen molar-refractivity contribution < 1.29 is 18.4 Å². The first-order valence-electron chi connectivity index (χ1n) is 10.9. The van der Waals surface area contributed by atoms with Crippen molar-refractivity contribution in [1.82, 2.24) is 14.7 Å². The van der Waals surface area contributed by atoms with Crippen LogP contribution in [0.25, 0.3) is 5.65 Å². The minimum atomic E-state index is -0.652. The third kappa shape index (κ3) is 3.91. The molecule has 0 aliphatic heterocycles. The van der Waals surface area contributed by atoms with E-state index in [4.69, 9.17) is 0 Å². The third-order valence-electron chi connectivity index (χ3n) is 6.18. The number of amides is 2. The van der Waals surface area contributed by atoms with E-state index in [2.05, 4.69) is 15.6 Å². The van der Waals surface area contributed by atoms with Crippen molar-refractivity contribution in [2.75, 3.05) is 5.32 Å². The van der Waals surface area contributed by atoms with Gasteiger partial charge in [-0.05, 0) is 79.3 Å². The molecule has 0 fully saturated rings. The number of hydrogen-bond donors (Lipinski definition) is 2. The van der Waals surface area contributed by atoms with Gasteiger partial charge in [-0.1, -0.05) is 12.1 Å². The molecule has 34 heavy (non-hydrogen) atoms. The van der Waals surface area contributed by atoms with Gasteiger partial charge in [0, 0.05) is 11.8 Å². The zero-order chi connectivity index (χ0) is 24.0. The Bertz CT molecular complexity index is 1460. The van der Waals surface area contributed by atoms with Gasteiger partial charge in [-0.25, -0.2) is 13.8 Å². The van der Waals surface area contributed by atoms with Crippen molar-refractivity contribution in [3.8, 4) is 0 Å². The van der Waals surface area contributed by atoms with Crippen LogP contribution in [0.2, 0.25) is 0 Å². The number of aryl methyl sites for hydroxylation is 3. The average molecular weight is 460 g/mol. The molecule has 1 aliphatic rings. The lowest BCUT2D eigenvalue weighted by molar-refractivity contribution is 0.0934. The number of nitrogens with zero attached hydrogens (tertiary/aromatic N) is 2. The number of carbonyl (C=O) groups is 2. The predicted octanol–water partition coefficient (Wildman–Crippen LogP) is 4.90. The first-order valence-corrected chi connectivity index (χ1v) is 10.9. The Kier molecular flexibility index (Phi) is 5.36. The molecular weight excluding hydrogens is 438 g/mol. The van der Waals surface area contributed by atoms with Crippen LogP contribution in [0.15, 0.2) is 54.9 Å². The van der Waals surface area contributed by atoms with Crippen molar-refractivity contribution in [3.63, 3.8) is 0 Å². The van der Waals surface area contributed by atoms with Gasteiger partial charge in [0.05, 0.1) is 17.9 Å². The molecule has 2 heterocycles. The zero-order valence-corrected chi connectivity index (χ0v) is 18.7. The van der Waals surface area contributed by atoms with Crippen molar-refractivity contribution in [2.45, 2.75) is 32.7 Å². The Morgan fingerprint density at radius 3 is 2.71 bits per heavy atom.